The maximum absolute atomic E-state index is 4.64. The van der Waals surface area contributed by atoms with E-state index in [9.17, 15) is 0 Å². The Morgan fingerprint density at radius 2 is 2.37 bits per heavy atom. The SMILES string of the molecule is CCNCc1c(Sc2nnnn2C)nc2sccn12. The van der Waals surface area contributed by atoms with Crippen molar-refractivity contribution in [3.05, 3.63) is 17.3 Å². The summed E-state index contributed by atoms with van der Waals surface area (Å²) in [7, 11) is 1.82. The summed E-state index contributed by atoms with van der Waals surface area (Å²) in [5.41, 5.74) is 1.14. The van der Waals surface area contributed by atoms with Crippen LogP contribution in [-0.2, 0) is 13.6 Å². The van der Waals surface area contributed by atoms with E-state index >= 15 is 0 Å². The van der Waals surface area contributed by atoms with Gasteiger partial charge in [-0.05, 0) is 28.7 Å². The van der Waals surface area contributed by atoms with Crippen LogP contribution < -0.4 is 5.32 Å². The van der Waals surface area contributed by atoms with Crippen molar-refractivity contribution in [1.82, 2.24) is 34.9 Å². The summed E-state index contributed by atoms with van der Waals surface area (Å²) in [5.74, 6) is 0. The zero-order valence-electron chi connectivity index (χ0n) is 10.6. The normalized spacial score (nSPS) is 11.5. The zero-order chi connectivity index (χ0) is 13.2. The number of nitrogens with one attached hydrogen (secondary N) is 1. The van der Waals surface area contributed by atoms with Crippen LogP contribution in [0.25, 0.3) is 4.96 Å². The van der Waals surface area contributed by atoms with Crippen molar-refractivity contribution in [2.24, 2.45) is 7.05 Å². The van der Waals surface area contributed by atoms with Gasteiger partial charge in [-0.1, -0.05) is 6.92 Å². The molecule has 9 heteroatoms. The molecule has 7 nitrogen and oxygen atoms in total. The lowest BCUT2D eigenvalue weighted by Crippen LogP contribution is -2.13. The molecule has 0 bridgehead atoms. The molecule has 0 fully saturated rings. The van der Waals surface area contributed by atoms with Crippen LogP contribution in [0.3, 0.4) is 0 Å². The van der Waals surface area contributed by atoms with E-state index in [0.29, 0.717) is 0 Å². The van der Waals surface area contributed by atoms with E-state index in [-0.39, 0.29) is 0 Å². The van der Waals surface area contributed by atoms with Crippen LogP contribution in [0.2, 0.25) is 0 Å². The second kappa shape index (κ2) is 5.27. The molecule has 0 radical (unpaired) electrons. The summed E-state index contributed by atoms with van der Waals surface area (Å²) in [6.45, 7) is 3.79. The van der Waals surface area contributed by atoms with Crippen molar-refractivity contribution >= 4 is 28.1 Å². The third-order valence-electron chi connectivity index (χ3n) is 2.64. The van der Waals surface area contributed by atoms with Gasteiger partial charge in [0.1, 0.15) is 5.03 Å². The summed E-state index contributed by atoms with van der Waals surface area (Å²) in [4.78, 5) is 5.63. The van der Waals surface area contributed by atoms with Gasteiger partial charge in [0, 0.05) is 25.2 Å². The van der Waals surface area contributed by atoms with Gasteiger partial charge in [0.25, 0.3) is 0 Å². The van der Waals surface area contributed by atoms with Crippen LogP contribution in [0.15, 0.2) is 21.8 Å². The summed E-state index contributed by atoms with van der Waals surface area (Å²) in [5, 5.41) is 18.5. The first kappa shape index (κ1) is 12.6. The van der Waals surface area contributed by atoms with Crippen LogP contribution in [-0.4, -0.2) is 36.1 Å². The molecule has 0 atom stereocenters. The molecular weight excluding hydrogens is 282 g/mol. The van der Waals surface area contributed by atoms with Crippen LogP contribution in [0.5, 0.6) is 0 Å². The molecule has 100 valence electrons. The predicted octanol–water partition coefficient (Wildman–Crippen LogP) is 1.18. The number of imidazole rings is 1. The molecular formula is C10H13N7S2. The minimum absolute atomic E-state index is 0.739. The van der Waals surface area contributed by atoms with Crippen LogP contribution in [0.4, 0.5) is 0 Å². The number of rotatable bonds is 5. The average Bonchev–Trinajstić information content (AvgIpc) is 3.06. The second-order valence-corrected chi connectivity index (χ2v) is 5.72. The molecule has 3 rings (SSSR count). The Morgan fingerprint density at radius 3 is 3.11 bits per heavy atom. The Kier molecular flexibility index (Phi) is 3.49. The summed E-state index contributed by atoms with van der Waals surface area (Å²) < 4.78 is 3.76. The highest BCUT2D eigenvalue weighted by Gasteiger charge is 2.16. The molecule has 0 spiro atoms. The zero-order valence-corrected chi connectivity index (χ0v) is 12.2. The first-order valence-corrected chi connectivity index (χ1v) is 7.54. The Bertz CT molecular complexity index is 683. The third-order valence-corrected chi connectivity index (χ3v) is 4.44. The van der Waals surface area contributed by atoms with Gasteiger partial charge in [0.15, 0.2) is 4.96 Å². The summed E-state index contributed by atoms with van der Waals surface area (Å²) >= 11 is 3.11. The third kappa shape index (κ3) is 2.36. The lowest BCUT2D eigenvalue weighted by molar-refractivity contribution is 0.663. The largest absolute Gasteiger partial charge is 0.311 e. The fourth-order valence-electron chi connectivity index (χ4n) is 1.69. The number of nitrogens with zero attached hydrogens (tertiary/aromatic N) is 6. The number of tetrazole rings is 1. The average molecular weight is 295 g/mol. The van der Waals surface area contributed by atoms with E-state index in [0.717, 1.165) is 33.9 Å². The predicted molar refractivity (Wildman–Crippen MR) is 73.4 cm³/mol. The van der Waals surface area contributed by atoms with E-state index < -0.39 is 0 Å². The number of hydrogen-bond acceptors (Lipinski definition) is 7. The standard InChI is InChI=1S/C10H13N7S2/c1-3-11-6-7-8(12-9-17(7)4-5-18-9)19-10-13-14-15-16(10)2/h4-5,11H,3,6H2,1-2H3. The highest BCUT2D eigenvalue weighted by Crippen LogP contribution is 2.29. The minimum Gasteiger partial charge on any atom is -0.311 e. The van der Waals surface area contributed by atoms with Gasteiger partial charge in [-0.25, -0.2) is 9.67 Å². The number of aryl methyl sites for hydroxylation is 1. The monoisotopic (exact) mass is 295 g/mol. The number of thiazole rings is 1. The van der Waals surface area contributed by atoms with Crippen molar-refractivity contribution in [2.45, 2.75) is 23.7 Å². The summed E-state index contributed by atoms with van der Waals surface area (Å²) in [6, 6.07) is 0. The van der Waals surface area contributed by atoms with Gasteiger partial charge in [-0.2, -0.15) is 0 Å². The van der Waals surface area contributed by atoms with Gasteiger partial charge in [-0.15, -0.1) is 16.4 Å². The molecule has 0 aliphatic rings. The molecule has 0 aliphatic carbocycles. The van der Waals surface area contributed by atoms with Crippen LogP contribution >= 0.6 is 23.1 Å². The van der Waals surface area contributed by atoms with E-state index in [1.54, 1.807) is 16.0 Å². The van der Waals surface area contributed by atoms with Gasteiger partial charge < -0.3 is 5.32 Å². The van der Waals surface area contributed by atoms with Crippen molar-refractivity contribution in [3.63, 3.8) is 0 Å². The van der Waals surface area contributed by atoms with Gasteiger partial charge >= 0.3 is 0 Å². The van der Waals surface area contributed by atoms with E-state index in [4.69, 9.17) is 0 Å². The lowest BCUT2D eigenvalue weighted by atomic mass is 10.4. The molecule has 0 amide bonds. The van der Waals surface area contributed by atoms with Gasteiger partial charge in [0.2, 0.25) is 5.16 Å². The fraction of sp³-hybridized carbons (Fsp3) is 0.400. The second-order valence-electron chi connectivity index (χ2n) is 3.89. The minimum atomic E-state index is 0.739. The Morgan fingerprint density at radius 1 is 1.47 bits per heavy atom. The molecule has 0 aromatic carbocycles. The van der Waals surface area contributed by atoms with E-state index in [1.807, 2.05) is 18.6 Å². The Hall–Kier alpha value is -1.45. The topological polar surface area (TPSA) is 72.9 Å². The first-order valence-electron chi connectivity index (χ1n) is 5.85. The molecule has 3 aromatic heterocycles. The van der Waals surface area contributed by atoms with Crippen LogP contribution in [0.1, 0.15) is 12.6 Å². The van der Waals surface area contributed by atoms with Crippen molar-refractivity contribution in [3.8, 4) is 0 Å². The highest BCUT2D eigenvalue weighted by atomic mass is 32.2. The van der Waals surface area contributed by atoms with Crippen molar-refractivity contribution in [2.75, 3.05) is 6.54 Å². The molecule has 3 aromatic rings. The van der Waals surface area contributed by atoms with Crippen molar-refractivity contribution in [1.29, 1.82) is 0 Å². The molecule has 0 unspecified atom stereocenters. The van der Waals surface area contributed by atoms with E-state index in [2.05, 4.69) is 37.2 Å². The number of aromatic nitrogens is 6. The van der Waals surface area contributed by atoms with E-state index in [1.165, 1.54) is 11.8 Å². The summed E-state index contributed by atoms with van der Waals surface area (Å²) in [6.07, 6.45) is 2.04. The lowest BCUT2D eigenvalue weighted by Gasteiger charge is -2.03. The molecule has 0 aliphatic heterocycles. The molecule has 0 saturated carbocycles. The molecule has 19 heavy (non-hydrogen) atoms. The van der Waals surface area contributed by atoms with Crippen molar-refractivity contribution < 1.29 is 0 Å². The molecule has 1 N–H and O–H groups in total. The maximum Gasteiger partial charge on any atom is 0.215 e. The molecule has 3 heterocycles. The van der Waals surface area contributed by atoms with Crippen LogP contribution in [0, 0.1) is 0 Å². The Labute approximate surface area is 118 Å². The Balaban J connectivity index is 1.97. The fourth-order valence-corrected chi connectivity index (χ4v) is 3.32. The van der Waals surface area contributed by atoms with Gasteiger partial charge in [0.05, 0.1) is 5.69 Å². The smallest absolute Gasteiger partial charge is 0.215 e. The first-order chi connectivity index (χ1) is 9.29. The molecule has 0 saturated heterocycles. The quantitative estimate of drug-likeness (QED) is 0.762. The number of hydrogen-bond donors (Lipinski definition) is 1. The number of fused-ring (bicyclic) bond motifs is 1. The highest BCUT2D eigenvalue weighted by molar-refractivity contribution is 7.99. The van der Waals surface area contributed by atoms with Gasteiger partial charge in [-0.3, -0.25) is 4.40 Å². The maximum atomic E-state index is 4.64.